The van der Waals surface area contributed by atoms with E-state index in [-0.39, 0.29) is 29.0 Å². The van der Waals surface area contributed by atoms with Crippen molar-refractivity contribution in [3.05, 3.63) is 27.9 Å². The molecule has 0 aromatic carbocycles. The van der Waals surface area contributed by atoms with Crippen LogP contribution in [0.2, 0.25) is 0 Å². The molecule has 8 nitrogen and oxygen atoms in total. The van der Waals surface area contributed by atoms with Gasteiger partial charge in [-0.3, -0.25) is 19.8 Å². The van der Waals surface area contributed by atoms with Crippen molar-refractivity contribution >= 4 is 17.4 Å². The van der Waals surface area contributed by atoms with E-state index in [0.717, 1.165) is 38.5 Å². The van der Waals surface area contributed by atoms with Gasteiger partial charge in [-0.25, -0.2) is 4.98 Å². The molecule has 21 heavy (non-hydrogen) atoms. The van der Waals surface area contributed by atoms with E-state index in [1.807, 2.05) is 0 Å². The van der Waals surface area contributed by atoms with Crippen molar-refractivity contribution in [1.82, 2.24) is 15.2 Å². The Morgan fingerprint density at radius 3 is 3.05 bits per heavy atom. The van der Waals surface area contributed by atoms with Gasteiger partial charge in [-0.15, -0.1) is 0 Å². The molecule has 2 saturated heterocycles. The van der Waals surface area contributed by atoms with Crippen molar-refractivity contribution in [2.45, 2.75) is 31.3 Å². The number of carbonyl (C=O) groups excluding carboxylic acids is 1. The molecule has 3 heterocycles. The lowest BCUT2D eigenvalue weighted by molar-refractivity contribution is -0.385. The summed E-state index contributed by atoms with van der Waals surface area (Å²) < 4.78 is 0. The lowest BCUT2D eigenvalue weighted by atomic mass is 10.1. The lowest BCUT2D eigenvalue weighted by Gasteiger charge is -2.21. The number of carbonyl (C=O) groups is 1. The molecule has 2 unspecified atom stereocenters. The largest absolute Gasteiger partial charge is 0.383 e. The number of nitrogens with zero attached hydrogens (tertiary/aromatic N) is 3. The maximum atomic E-state index is 12.3. The highest BCUT2D eigenvalue weighted by Gasteiger charge is 2.38. The van der Waals surface area contributed by atoms with Crippen LogP contribution in [0.15, 0.2) is 12.3 Å². The first-order valence-corrected chi connectivity index (χ1v) is 7.01. The fourth-order valence-corrected chi connectivity index (χ4v) is 3.24. The van der Waals surface area contributed by atoms with Gasteiger partial charge < -0.3 is 11.1 Å². The van der Waals surface area contributed by atoms with E-state index in [1.54, 1.807) is 0 Å². The van der Waals surface area contributed by atoms with Crippen LogP contribution in [-0.2, 0) is 0 Å². The summed E-state index contributed by atoms with van der Waals surface area (Å²) in [6.07, 6.45) is 4.18. The molecule has 2 atom stereocenters. The molecule has 2 aliphatic heterocycles. The molecule has 0 aliphatic carbocycles. The molecule has 3 N–H and O–H groups in total. The molecular formula is C13H17N5O3. The highest BCUT2D eigenvalue weighted by atomic mass is 16.6. The second-order valence-electron chi connectivity index (χ2n) is 5.50. The Kier molecular flexibility index (Phi) is 3.46. The Morgan fingerprint density at radius 1 is 1.48 bits per heavy atom. The maximum absolute atomic E-state index is 12.3. The van der Waals surface area contributed by atoms with E-state index >= 15 is 0 Å². The Balaban J connectivity index is 1.76. The van der Waals surface area contributed by atoms with Gasteiger partial charge in [0.15, 0.2) is 0 Å². The van der Waals surface area contributed by atoms with Crippen molar-refractivity contribution in [2.24, 2.45) is 0 Å². The van der Waals surface area contributed by atoms with E-state index in [9.17, 15) is 14.9 Å². The summed E-state index contributed by atoms with van der Waals surface area (Å²) in [6, 6.07) is 1.64. The number of aromatic nitrogens is 1. The van der Waals surface area contributed by atoms with Gasteiger partial charge in [0, 0.05) is 24.7 Å². The molecular weight excluding hydrogens is 274 g/mol. The minimum absolute atomic E-state index is 0.0133. The van der Waals surface area contributed by atoms with Gasteiger partial charge in [0.1, 0.15) is 12.0 Å². The highest BCUT2D eigenvalue weighted by Crippen LogP contribution is 2.28. The molecule has 0 saturated carbocycles. The normalized spacial score (nSPS) is 24.8. The number of hydrogen-bond acceptors (Lipinski definition) is 6. The first-order valence-electron chi connectivity index (χ1n) is 7.01. The van der Waals surface area contributed by atoms with Crippen LogP contribution >= 0.6 is 0 Å². The molecule has 1 amide bonds. The number of nitrogens with one attached hydrogen (secondary N) is 1. The summed E-state index contributed by atoms with van der Waals surface area (Å²) in [5.74, 6) is -0.373. The molecule has 2 aliphatic rings. The van der Waals surface area contributed by atoms with Crippen molar-refractivity contribution in [3.8, 4) is 0 Å². The number of nitro groups is 1. The van der Waals surface area contributed by atoms with Crippen molar-refractivity contribution < 1.29 is 9.72 Å². The third-order valence-electron chi connectivity index (χ3n) is 4.28. The van der Waals surface area contributed by atoms with Crippen molar-refractivity contribution in [3.63, 3.8) is 0 Å². The fraction of sp³-hybridized carbons (Fsp3) is 0.538. The van der Waals surface area contributed by atoms with Crippen molar-refractivity contribution in [1.29, 1.82) is 0 Å². The minimum atomic E-state index is -0.586. The third-order valence-corrected chi connectivity index (χ3v) is 4.28. The Hall–Kier alpha value is -2.22. The standard InChI is InChI=1S/C13H17N5O3/c14-12-9(6-8(7-15-12)18(20)21)13(19)16-10-3-5-17-4-1-2-11(10)17/h6-7,10-11H,1-5H2,(H2,14,15)(H,16,19). The molecule has 2 fully saturated rings. The number of anilines is 1. The molecule has 112 valence electrons. The molecule has 1 aromatic rings. The molecule has 0 radical (unpaired) electrons. The zero-order valence-electron chi connectivity index (χ0n) is 11.5. The molecule has 1 aromatic heterocycles. The van der Waals surface area contributed by atoms with Gasteiger partial charge in [0.25, 0.3) is 11.6 Å². The van der Waals surface area contributed by atoms with Gasteiger partial charge in [0.05, 0.1) is 10.5 Å². The highest BCUT2D eigenvalue weighted by molar-refractivity contribution is 5.99. The van der Waals surface area contributed by atoms with Crippen LogP contribution < -0.4 is 11.1 Å². The van der Waals surface area contributed by atoms with E-state index in [2.05, 4.69) is 15.2 Å². The molecule has 0 bridgehead atoms. The predicted octanol–water partition coefficient (Wildman–Crippen LogP) is 0.538. The number of hydrogen-bond donors (Lipinski definition) is 2. The van der Waals surface area contributed by atoms with E-state index in [0.29, 0.717) is 6.04 Å². The number of nitrogen functional groups attached to an aromatic ring is 1. The summed E-state index contributed by atoms with van der Waals surface area (Å²) >= 11 is 0. The summed E-state index contributed by atoms with van der Waals surface area (Å²) in [5.41, 5.74) is 5.50. The van der Waals surface area contributed by atoms with Gasteiger partial charge >= 0.3 is 0 Å². The summed E-state index contributed by atoms with van der Waals surface area (Å²) in [4.78, 5) is 28.6. The lowest BCUT2D eigenvalue weighted by Crippen LogP contribution is -2.42. The monoisotopic (exact) mass is 291 g/mol. The summed E-state index contributed by atoms with van der Waals surface area (Å²) in [7, 11) is 0. The Morgan fingerprint density at radius 2 is 2.29 bits per heavy atom. The number of rotatable bonds is 3. The number of nitrogens with two attached hydrogens (primary N) is 1. The number of pyridine rings is 1. The second kappa shape index (κ2) is 5.28. The molecule has 3 rings (SSSR count). The quantitative estimate of drug-likeness (QED) is 0.620. The smallest absolute Gasteiger partial charge is 0.288 e. The minimum Gasteiger partial charge on any atom is -0.383 e. The Labute approximate surface area is 121 Å². The second-order valence-corrected chi connectivity index (χ2v) is 5.50. The third kappa shape index (κ3) is 2.54. The SMILES string of the molecule is Nc1ncc([N+](=O)[O-])cc1C(=O)NC1CCN2CCCC12. The molecule has 8 heteroatoms. The summed E-state index contributed by atoms with van der Waals surface area (Å²) in [5, 5.41) is 13.7. The first-order chi connectivity index (χ1) is 10.1. The van der Waals surface area contributed by atoms with Crippen LogP contribution in [0.5, 0.6) is 0 Å². The van der Waals surface area contributed by atoms with Crippen LogP contribution in [0, 0.1) is 10.1 Å². The van der Waals surface area contributed by atoms with Gasteiger partial charge in [-0.05, 0) is 25.8 Å². The van der Waals surface area contributed by atoms with Crippen LogP contribution in [0.4, 0.5) is 11.5 Å². The van der Waals surface area contributed by atoms with Crippen LogP contribution in [0.3, 0.4) is 0 Å². The zero-order chi connectivity index (χ0) is 15.0. The topological polar surface area (TPSA) is 114 Å². The average molecular weight is 291 g/mol. The summed E-state index contributed by atoms with van der Waals surface area (Å²) in [6.45, 7) is 2.07. The Bertz CT molecular complexity index is 591. The van der Waals surface area contributed by atoms with E-state index < -0.39 is 4.92 Å². The van der Waals surface area contributed by atoms with Crippen LogP contribution in [-0.4, -0.2) is 45.9 Å². The number of fused-ring (bicyclic) bond motifs is 1. The van der Waals surface area contributed by atoms with Crippen molar-refractivity contribution in [2.75, 3.05) is 18.8 Å². The molecule has 0 spiro atoms. The van der Waals surface area contributed by atoms with E-state index in [4.69, 9.17) is 5.73 Å². The average Bonchev–Trinajstić information content (AvgIpc) is 3.04. The first kappa shape index (κ1) is 13.7. The predicted molar refractivity (Wildman–Crippen MR) is 75.8 cm³/mol. The van der Waals surface area contributed by atoms with Gasteiger partial charge in [0.2, 0.25) is 0 Å². The number of amides is 1. The van der Waals surface area contributed by atoms with Gasteiger partial charge in [-0.1, -0.05) is 0 Å². The fourth-order valence-electron chi connectivity index (χ4n) is 3.24. The van der Waals surface area contributed by atoms with Crippen LogP contribution in [0.25, 0.3) is 0 Å². The van der Waals surface area contributed by atoms with Crippen LogP contribution in [0.1, 0.15) is 29.6 Å². The maximum Gasteiger partial charge on any atom is 0.288 e. The zero-order valence-corrected chi connectivity index (χ0v) is 11.5. The van der Waals surface area contributed by atoms with E-state index in [1.165, 1.54) is 6.07 Å². The van der Waals surface area contributed by atoms with Gasteiger partial charge in [-0.2, -0.15) is 0 Å².